The highest BCUT2D eigenvalue weighted by atomic mass is 31.2. The van der Waals surface area contributed by atoms with E-state index in [9.17, 15) is 28.9 Å². The molecule has 0 fully saturated rings. The van der Waals surface area contributed by atoms with Gasteiger partial charge >= 0.3 is 25.7 Å². The number of hydrogen-bond donors (Lipinski definition) is 2. The fraction of sp³-hybridized carbons (Fsp3) is 0.803. The van der Waals surface area contributed by atoms with Crippen LogP contribution in [0.1, 0.15) is 303 Å². The number of aliphatic hydroxyl groups excluding tert-OH is 1. The number of phosphoric ester groups is 1. The molecule has 0 aliphatic heterocycles. The summed E-state index contributed by atoms with van der Waals surface area (Å²) < 4.78 is 39.7. The van der Waals surface area contributed by atoms with Gasteiger partial charge in [0.05, 0.1) is 19.8 Å². The summed E-state index contributed by atoms with van der Waals surface area (Å²) in [5, 5.41) is 9.85. The second kappa shape index (κ2) is 60.3. The number of carbonyl (C=O) groups is 3. The van der Waals surface area contributed by atoms with E-state index in [1.807, 2.05) is 0 Å². The molecule has 0 aliphatic rings. The molecule has 0 saturated heterocycles. The molecule has 2 N–H and O–H groups in total. The van der Waals surface area contributed by atoms with Crippen molar-refractivity contribution in [2.24, 2.45) is 0 Å². The van der Waals surface area contributed by atoms with Crippen molar-refractivity contribution in [3.8, 4) is 0 Å². The first-order chi connectivity index (χ1) is 38.2. The molecule has 3 atom stereocenters. The van der Waals surface area contributed by atoms with Crippen LogP contribution in [0.3, 0.4) is 0 Å². The quantitative estimate of drug-likeness (QED) is 0.0197. The van der Waals surface area contributed by atoms with E-state index in [-0.39, 0.29) is 25.9 Å². The van der Waals surface area contributed by atoms with Crippen LogP contribution >= 0.6 is 7.82 Å². The van der Waals surface area contributed by atoms with Crippen LogP contribution < -0.4 is 0 Å². The molecule has 11 nitrogen and oxygen atoms in total. The van der Waals surface area contributed by atoms with Crippen LogP contribution in [0, 0.1) is 0 Å². The van der Waals surface area contributed by atoms with Crippen molar-refractivity contribution in [1.82, 2.24) is 0 Å². The molecule has 0 aliphatic carbocycles. The van der Waals surface area contributed by atoms with Gasteiger partial charge in [-0.2, -0.15) is 0 Å². The van der Waals surface area contributed by atoms with Gasteiger partial charge in [0, 0.05) is 19.3 Å². The van der Waals surface area contributed by atoms with E-state index in [0.717, 1.165) is 109 Å². The molecule has 0 aromatic carbocycles. The molecular formula is C66H119O11P. The first kappa shape index (κ1) is 75.2. The van der Waals surface area contributed by atoms with Gasteiger partial charge in [-0.25, -0.2) is 4.57 Å². The summed E-state index contributed by atoms with van der Waals surface area (Å²) in [6.45, 7) is 4.62. The Labute approximate surface area is 478 Å². The van der Waals surface area contributed by atoms with E-state index in [1.165, 1.54) is 135 Å². The third-order valence-electron chi connectivity index (χ3n) is 13.9. The Hall–Kier alpha value is -2.82. The van der Waals surface area contributed by atoms with Crippen LogP contribution in [-0.2, 0) is 42.2 Å². The van der Waals surface area contributed by atoms with Crippen molar-refractivity contribution in [3.05, 3.63) is 60.8 Å². The maximum absolute atomic E-state index is 12.9. The summed E-state index contributed by atoms with van der Waals surface area (Å²) in [6.07, 6.45) is 67.3. The van der Waals surface area contributed by atoms with Crippen LogP contribution in [0.5, 0.6) is 0 Å². The Morgan fingerprint density at radius 2 is 0.628 bits per heavy atom. The highest BCUT2D eigenvalue weighted by molar-refractivity contribution is 7.47. The number of allylic oxidation sites excluding steroid dienone is 10. The second-order valence-corrected chi connectivity index (χ2v) is 23.0. The molecule has 0 saturated carbocycles. The number of hydrogen-bond acceptors (Lipinski definition) is 10. The summed E-state index contributed by atoms with van der Waals surface area (Å²) in [4.78, 5) is 48.7. The van der Waals surface area contributed by atoms with Crippen molar-refractivity contribution >= 4 is 25.7 Å². The first-order valence-electron chi connectivity index (χ1n) is 32.2. The summed E-state index contributed by atoms with van der Waals surface area (Å²) in [5.74, 6) is -1.47. The zero-order valence-corrected chi connectivity index (χ0v) is 51.3. The van der Waals surface area contributed by atoms with Gasteiger partial charge in [-0.1, -0.05) is 255 Å². The van der Waals surface area contributed by atoms with Crippen LogP contribution in [0.2, 0.25) is 0 Å². The van der Waals surface area contributed by atoms with E-state index in [4.69, 9.17) is 23.3 Å². The summed E-state index contributed by atoms with van der Waals surface area (Å²) >= 11 is 0. The van der Waals surface area contributed by atoms with Gasteiger partial charge in [0.25, 0.3) is 0 Å². The molecule has 12 heteroatoms. The second-order valence-electron chi connectivity index (χ2n) is 21.6. The maximum atomic E-state index is 12.9. The van der Waals surface area contributed by atoms with E-state index in [1.54, 1.807) is 0 Å². The lowest BCUT2D eigenvalue weighted by Gasteiger charge is -2.21. The summed E-state index contributed by atoms with van der Waals surface area (Å²) in [7, 11) is -4.76. The van der Waals surface area contributed by atoms with Crippen LogP contribution in [0.15, 0.2) is 60.8 Å². The Morgan fingerprint density at radius 3 is 0.987 bits per heavy atom. The average Bonchev–Trinajstić information content (AvgIpc) is 3.43. The lowest BCUT2D eigenvalue weighted by atomic mass is 10.0. The number of ether oxygens (including phenoxy) is 3. The topological polar surface area (TPSA) is 155 Å². The molecule has 454 valence electrons. The van der Waals surface area contributed by atoms with Crippen molar-refractivity contribution in [2.45, 2.75) is 315 Å². The fourth-order valence-corrected chi connectivity index (χ4v) is 9.77. The molecular weight excluding hydrogens is 1000 g/mol. The van der Waals surface area contributed by atoms with Crippen LogP contribution in [0.25, 0.3) is 0 Å². The van der Waals surface area contributed by atoms with Gasteiger partial charge < -0.3 is 24.2 Å². The Kier molecular flexibility index (Phi) is 58.1. The number of esters is 3. The van der Waals surface area contributed by atoms with Gasteiger partial charge in [-0.3, -0.25) is 23.4 Å². The number of phosphoric acid groups is 1. The third kappa shape index (κ3) is 57.9. The van der Waals surface area contributed by atoms with E-state index in [0.29, 0.717) is 19.3 Å². The van der Waals surface area contributed by atoms with Gasteiger partial charge in [-0.05, 0) is 89.9 Å². The lowest BCUT2D eigenvalue weighted by Crippen LogP contribution is -2.30. The molecule has 0 heterocycles. The minimum atomic E-state index is -4.76. The fourth-order valence-electron chi connectivity index (χ4n) is 8.98. The van der Waals surface area contributed by atoms with Crippen LogP contribution in [-0.4, -0.2) is 66.5 Å². The molecule has 78 heavy (non-hydrogen) atoms. The molecule has 0 spiro atoms. The van der Waals surface area contributed by atoms with E-state index in [2.05, 4.69) is 81.5 Å². The Balaban J connectivity index is 4.70. The van der Waals surface area contributed by atoms with Crippen molar-refractivity contribution in [3.63, 3.8) is 0 Å². The predicted molar refractivity (Wildman–Crippen MR) is 325 cm³/mol. The van der Waals surface area contributed by atoms with Gasteiger partial charge in [-0.15, -0.1) is 0 Å². The summed E-state index contributed by atoms with van der Waals surface area (Å²) in [5.41, 5.74) is 0. The molecule has 0 radical (unpaired) electrons. The highest BCUT2D eigenvalue weighted by Gasteiger charge is 2.28. The van der Waals surface area contributed by atoms with Crippen molar-refractivity contribution in [1.29, 1.82) is 0 Å². The number of rotatable bonds is 60. The SMILES string of the molecule is CCCCC/C=C\C/C=C\C/C=C\CCCCCCCCC(=O)OC(COC(=O)CCCCCCCCCCCCCCCCC)COP(=O)(O)OCC(CO)OC(=O)CCCCCCCCC/C=C\C/C=C\CCCCC. The minimum Gasteiger partial charge on any atom is -0.462 e. The molecule has 3 unspecified atom stereocenters. The first-order valence-corrected chi connectivity index (χ1v) is 33.7. The number of carbonyl (C=O) groups excluding carboxylic acids is 3. The normalized spacial score (nSPS) is 13.7. The van der Waals surface area contributed by atoms with Gasteiger partial charge in [0.2, 0.25) is 0 Å². The van der Waals surface area contributed by atoms with E-state index < -0.39 is 57.8 Å². The van der Waals surface area contributed by atoms with E-state index >= 15 is 0 Å². The van der Waals surface area contributed by atoms with Gasteiger partial charge in [0.1, 0.15) is 12.7 Å². The van der Waals surface area contributed by atoms with Crippen LogP contribution in [0.4, 0.5) is 0 Å². The average molecular weight is 1120 g/mol. The number of unbranched alkanes of at least 4 members (excludes halogenated alkanes) is 33. The Bertz CT molecular complexity index is 1540. The third-order valence-corrected chi connectivity index (χ3v) is 14.9. The zero-order valence-electron chi connectivity index (χ0n) is 50.4. The highest BCUT2D eigenvalue weighted by Crippen LogP contribution is 2.43. The molecule has 0 aromatic heterocycles. The lowest BCUT2D eigenvalue weighted by molar-refractivity contribution is -0.161. The molecule has 0 amide bonds. The van der Waals surface area contributed by atoms with Crippen molar-refractivity contribution in [2.75, 3.05) is 26.4 Å². The number of aliphatic hydroxyl groups is 1. The predicted octanol–water partition coefficient (Wildman–Crippen LogP) is 19.5. The molecule has 0 bridgehead atoms. The van der Waals surface area contributed by atoms with Gasteiger partial charge in [0.15, 0.2) is 6.10 Å². The monoisotopic (exact) mass is 1120 g/mol. The summed E-state index contributed by atoms with van der Waals surface area (Å²) in [6, 6.07) is 0. The standard InChI is InChI=1S/C66H119O11P/c1-4-7-10-13-16-19-22-25-28-30-31-33-36-39-42-45-48-51-54-57-66(70)77-63(59-73-64(68)55-52-49-46-43-40-37-34-27-24-21-18-15-12-9-6-3)61-75-78(71,72)74-60-62(58-67)76-65(69)56-53-50-47-44-41-38-35-32-29-26-23-20-17-14-11-8-5-2/h16-17,19-20,25-26,28-29,31,33,62-63,67H,4-15,18,21-24,27,30,32,34-61H2,1-3H3,(H,71,72)/b19-16-,20-17-,28-25-,29-26-,33-31-. The maximum Gasteiger partial charge on any atom is 0.472 e. The van der Waals surface area contributed by atoms with Crippen molar-refractivity contribution < 1.29 is 52.2 Å². The molecule has 0 aromatic rings. The zero-order chi connectivity index (χ0) is 56.9. The Morgan fingerprint density at radius 1 is 0.359 bits per heavy atom. The largest absolute Gasteiger partial charge is 0.472 e. The molecule has 0 rings (SSSR count). The smallest absolute Gasteiger partial charge is 0.462 e. The minimum absolute atomic E-state index is 0.154.